The van der Waals surface area contributed by atoms with Crippen molar-refractivity contribution in [3.8, 4) is 0 Å². The predicted molar refractivity (Wildman–Crippen MR) is 72.9 cm³/mol. The number of benzene rings is 2. The van der Waals surface area contributed by atoms with Gasteiger partial charge >= 0.3 is 0 Å². The first-order chi connectivity index (χ1) is 7.63. The molecule has 2 aromatic carbocycles. The van der Waals surface area contributed by atoms with Crippen molar-refractivity contribution in [2.24, 2.45) is 0 Å². The molecule has 0 aliphatic carbocycles. The molecular weight excluding hydrogens is 286 g/mol. The van der Waals surface area contributed by atoms with E-state index in [2.05, 4.69) is 0 Å². The van der Waals surface area contributed by atoms with Crippen molar-refractivity contribution in [1.29, 1.82) is 0 Å². The fourth-order valence-electron chi connectivity index (χ4n) is 0.887. The summed E-state index contributed by atoms with van der Waals surface area (Å²) in [6, 6.07) is 15.2. The highest BCUT2D eigenvalue weighted by molar-refractivity contribution is 6.51. The van der Waals surface area contributed by atoms with E-state index in [9.17, 15) is 0 Å². The van der Waals surface area contributed by atoms with Gasteiger partial charge in [0, 0.05) is 0 Å². The summed E-state index contributed by atoms with van der Waals surface area (Å²) in [5, 5.41) is 1.43. The first-order valence-corrected chi connectivity index (χ1v) is 5.93. The second kappa shape index (κ2) is 7.03. The smallest absolute Gasteiger partial charge is 0.0793 e. The van der Waals surface area contributed by atoms with Crippen LogP contribution in [-0.4, -0.2) is 0 Å². The molecule has 0 fully saturated rings. The maximum absolute atomic E-state index is 5.63. The van der Waals surface area contributed by atoms with Gasteiger partial charge in [-0.3, -0.25) is 0 Å². The lowest BCUT2D eigenvalue weighted by Crippen LogP contribution is -1.71. The summed E-state index contributed by atoms with van der Waals surface area (Å²) in [4.78, 5) is 0. The van der Waals surface area contributed by atoms with Crippen molar-refractivity contribution < 1.29 is 0 Å². The molecule has 0 aromatic heterocycles. The van der Waals surface area contributed by atoms with Gasteiger partial charge in [0.25, 0.3) is 0 Å². The monoisotopic (exact) mass is 292 g/mol. The molecule has 0 atom stereocenters. The molecular formula is C12H8Cl4. The second-order valence-electron chi connectivity index (χ2n) is 2.81. The van der Waals surface area contributed by atoms with Crippen molar-refractivity contribution in [2.75, 3.05) is 0 Å². The van der Waals surface area contributed by atoms with Crippen LogP contribution in [0.2, 0.25) is 20.1 Å². The minimum Gasteiger partial charge on any atom is -0.0827 e. The molecule has 4 heteroatoms. The molecule has 0 nitrogen and oxygen atoms in total. The first-order valence-electron chi connectivity index (χ1n) is 4.42. The Bertz CT molecular complexity index is 387. The van der Waals surface area contributed by atoms with Gasteiger partial charge in [-0.2, -0.15) is 0 Å². The molecule has 0 aliphatic heterocycles. The third-order valence-electron chi connectivity index (χ3n) is 1.65. The molecule has 0 spiro atoms. The van der Waals surface area contributed by atoms with Crippen LogP contribution in [0.5, 0.6) is 0 Å². The van der Waals surface area contributed by atoms with Gasteiger partial charge in [0.05, 0.1) is 20.1 Å². The summed E-state index contributed by atoms with van der Waals surface area (Å²) >= 11 is 22.5. The molecule has 0 heterocycles. The molecule has 84 valence electrons. The van der Waals surface area contributed by atoms with E-state index >= 15 is 0 Å². The van der Waals surface area contributed by atoms with Gasteiger partial charge in [-0.25, -0.2) is 0 Å². The SMILES string of the molecule is Clc1ccc(Cl)c(Cl)c1Cl.c1ccccc1. The minimum atomic E-state index is 0.302. The molecule has 0 saturated carbocycles. The molecule has 2 rings (SSSR count). The maximum Gasteiger partial charge on any atom is 0.0793 e. The third kappa shape index (κ3) is 4.23. The van der Waals surface area contributed by atoms with Crippen LogP contribution in [0.1, 0.15) is 0 Å². The minimum absolute atomic E-state index is 0.302. The molecule has 0 unspecified atom stereocenters. The van der Waals surface area contributed by atoms with Gasteiger partial charge in [-0.1, -0.05) is 82.8 Å². The Labute approximate surface area is 115 Å². The number of hydrogen-bond acceptors (Lipinski definition) is 0. The molecule has 0 radical (unpaired) electrons. The standard InChI is InChI=1S/C6H2Cl4.C6H6/c7-3-1-2-4(8)6(10)5(3)9;1-2-4-6-5-3-1/h1-2H;1-6H. The highest BCUT2D eigenvalue weighted by atomic mass is 35.5. The lowest BCUT2D eigenvalue weighted by atomic mass is 10.4. The van der Waals surface area contributed by atoms with Crippen molar-refractivity contribution in [3.63, 3.8) is 0 Å². The van der Waals surface area contributed by atoms with Crippen LogP contribution in [0.15, 0.2) is 48.5 Å². The molecule has 2 aromatic rings. The van der Waals surface area contributed by atoms with Gasteiger partial charge in [-0.15, -0.1) is 0 Å². The number of halogens is 4. The largest absolute Gasteiger partial charge is 0.0827 e. The lowest BCUT2D eigenvalue weighted by Gasteiger charge is -1.98. The Balaban J connectivity index is 0.000000181. The van der Waals surface area contributed by atoms with Crippen LogP contribution in [0.25, 0.3) is 0 Å². The zero-order chi connectivity index (χ0) is 12.0. The summed E-state index contributed by atoms with van der Waals surface area (Å²) in [6.45, 7) is 0. The molecule has 0 bridgehead atoms. The third-order valence-corrected chi connectivity index (χ3v) is 3.36. The Morgan fingerprint density at radius 1 is 0.500 bits per heavy atom. The van der Waals surface area contributed by atoms with Crippen LogP contribution in [0.3, 0.4) is 0 Å². The van der Waals surface area contributed by atoms with Gasteiger partial charge in [0.2, 0.25) is 0 Å². The summed E-state index contributed by atoms with van der Waals surface area (Å²) in [5.74, 6) is 0. The molecule has 16 heavy (non-hydrogen) atoms. The molecule has 0 aliphatic rings. The molecule has 0 amide bonds. The fourth-order valence-corrected chi connectivity index (χ4v) is 1.63. The van der Waals surface area contributed by atoms with Crippen molar-refractivity contribution in [3.05, 3.63) is 68.6 Å². The average molecular weight is 294 g/mol. The van der Waals surface area contributed by atoms with Crippen LogP contribution in [-0.2, 0) is 0 Å². The van der Waals surface area contributed by atoms with Crippen LogP contribution >= 0.6 is 46.4 Å². The van der Waals surface area contributed by atoms with Gasteiger partial charge in [0.1, 0.15) is 0 Å². The van der Waals surface area contributed by atoms with Gasteiger partial charge < -0.3 is 0 Å². The predicted octanol–water partition coefficient (Wildman–Crippen LogP) is 5.99. The van der Waals surface area contributed by atoms with Crippen molar-refractivity contribution in [1.82, 2.24) is 0 Å². The highest BCUT2D eigenvalue weighted by Crippen LogP contribution is 2.34. The fraction of sp³-hybridized carbons (Fsp3) is 0. The lowest BCUT2D eigenvalue weighted by molar-refractivity contribution is 1.70. The van der Waals surface area contributed by atoms with Crippen LogP contribution in [0, 0.1) is 0 Å². The summed E-state index contributed by atoms with van der Waals surface area (Å²) in [6.07, 6.45) is 0. The van der Waals surface area contributed by atoms with E-state index in [4.69, 9.17) is 46.4 Å². The van der Waals surface area contributed by atoms with E-state index < -0.39 is 0 Å². The van der Waals surface area contributed by atoms with Gasteiger partial charge in [0.15, 0.2) is 0 Å². The summed E-state index contributed by atoms with van der Waals surface area (Å²) in [5.41, 5.74) is 0. The Kier molecular flexibility index (Phi) is 6.00. The normalized spacial score (nSPS) is 9.25. The Hall–Kier alpha value is -0.400. The number of hydrogen-bond donors (Lipinski definition) is 0. The second-order valence-corrected chi connectivity index (χ2v) is 4.38. The highest BCUT2D eigenvalue weighted by Gasteiger charge is 2.05. The van der Waals surface area contributed by atoms with Crippen LogP contribution < -0.4 is 0 Å². The van der Waals surface area contributed by atoms with E-state index in [0.717, 1.165) is 0 Å². The van der Waals surface area contributed by atoms with Crippen molar-refractivity contribution >= 4 is 46.4 Å². The summed E-state index contributed by atoms with van der Waals surface area (Å²) < 4.78 is 0. The van der Waals surface area contributed by atoms with Gasteiger partial charge in [-0.05, 0) is 12.1 Å². The van der Waals surface area contributed by atoms with E-state index in [1.165, 1.54) is 0 Å². The Morgan fingerprint density at radius 3 is 1.00 bits per heavy atom. The quantitative estimate of drug-likeness (QED) is 0.413. The zero-order valence-electron chi connectivity index (χ0n) is 8.13. The summed E-state index contributed by atoms with van der Waals surface area (Å²) in [7, 11) is 0. The maximum atomic E-state index is 5.63. The van der Waals surface area contributed by atoms with E-state index in [1.54, 1.807) is 12.1 Å². The number of rotatable bonds is 0. The van der Waals surface area contributed by atoms with Crippen LogP contribution in [0.4, 0.5) is 0 Å². The first kappa shape index (κ1) is 13.7. The van der Waals surface area contributed by atoms with E-state index in [-0.39, 0.29) is 0 Å². The van der Waals surface area contributed by atoms with E-state index in [1.807, 2.05) is 36.4 Å². The van der Waals surface area contributed by atoms with E-state index in [0.29, 0.717) is 20.1 Å². The molecule has 0 N–H and O–H groups in total. The topological polar surface area (TPSA) is 0 Å². The Morgan fingerprint density at radius 2 is 0.750 bits per heavy atom. The average Bonchev–Trinajstić information content (AvgIpc) is 2.35. The van der Waals surface area contributed by atoms with Crippen molar-refractivity contribution in [2.45, 2.75) is 0 Å². The zero-order valence-corrected chi connectivity index (χ0v) is 11.2. The molecule has 0 saturated heterocycles.